The number of para-hydroxylation sites is 1. The highest BCUT2D eigenvalue weighted by molar-refractivity contribution is 6.07. The van der Waals surface area contributed by atoms with Crippen molar-refractivity contribution in [3.8, 4) is 18.0 Å². The Labute approximate surface area is 184 Å². The van der Waals surface area contributed by atoms with Crippen LogP contribution < -0.4 is 11.2 Å². The van der Waals surface area contributed by atoms with E-state index in [1.54, 1.807) is 31.2 Å². The molecule has 1 aliphatic rings. The fourth-order valence-corrected chi connectivity index (χ4v) is 4.09. The van der Waals surface area contributed by atoms with Gasteiger partial charge in [0.15, 0.2) is 5.82 Å². The van der Waals surface area contributed by atoms with Crippen molar-refractivity contribution >= 4 is 17.5 Å². The molecule has 1 aliphatic heterocycles. The average molecular weight is 427 g/mol. The molecule has 0 radical (unpaired) electrons. The molecule has 0 saturated carbocycles. The Balaban J connectivity index is 2.09. The first-order valence-electron chi connectivity index (χ1n) is 10.2. The summed E-state index contributed by atoms with van der Waals surface area (Å²) in [5.41, 5.74) is 0.643. The molecule has 160 valence electrons. The zero-order valence-electron chi connectivity index (χ0n) is 17.4. The van der Waals surface area contributed by atoms with E-state index in [9.17, 15) is 14.4 Å². The van der Waals surface area contributed by atoms with E-state index in [1.807, 2.05) is 36.4 Å². The Morgan fingerprint density at radius 2 is 1.78 bits per heavy atom. The number of aliphatic imine (C=N–C) groups is 1. The van der Waals surface area contributed by atoms with Crippen LogP contribution in [0.5, 0.6) is 0 Å². The Morgan fingerprint density at radius 1 is 1.12 bits per heavy atom. The number of nitrogens with zero attached hydrogens (tertiary/aromatic N) is 2. The lowest BCUT2D eigenvalue weighted by molar-refractivity contribution is -0.146. The average Bonchev–Trinajstić information content (AvgIpc) is 2.80. The van der Waals surface area contributed by atoms with Gasteiger partial charge in [-0.1, -0.05) is 48.5 Å². The maximum Gasteiger partial charge on any atom is 0.334 e. The van der Waals surface area contributed by atoms with Gasteiger partial charge < -0.3 is 4.74 Å². The summed E-state index contributed by atoms with van der Waals surface area (Å²) in [7, 11) is 0. The van der Waals surface area contributed by atoms with E-state index in [-0.39, 0.29) is 24.4 Å². The van der Waals surface area contributed by atoms with E-state index < -0.39 is 29.1 Å². The zero-order valence-corrected chi connectivity index (χ0v) is 17.4. The third-order valence-corrected chi connectivity index (χ3v) is 5.37. The predicted molar refractivity (Wildman–Crippen MR) is 122 cm³/mol. The van der Waals surface area contributed by atoms with Crippen molar-refractivity contribution in [2.24, 2.45) is 10.9 Å². The minimum atomic E-state index is -0.885. The fraction of sp³-hybridized carbons (Fsp3) is 0.200. The topological polar surface area (TPSA) is 93.5 Å². The molecule has 4 rings (SSSR count). The highest BCUT2D eigenvalue weighted by atomic mass is 16.5. The van der Waals surface area contributed by atoms with Crippen LogP contribution in [0.15, 0.2) is 75.2 Å². The molecule has 3 aromatic rings. The summed E-state index contributed by atoms with van der Waals surface area (Å²) in [6, 6.07) is 18.0. The summed E-state index contributed by atoms with van der Waals surface area (Å²) in [6.07, 6.45) is 5.66. The lowest BCUT2D eigenvalue weighted by Crippen LogP contribution is -2.41. The van der Waals surface area contributed by atoms with Gasteiger partial charge in [-0.25, -0.2) is 14.4 Å². The molecule has 0 bridgehead atoms. The van der Waals surface area contributed by atoms with Crippen LogP contribution in [0, 0.1) is 18.3 Å². The van der Waals surface area contributed by atoms with Crippen molar-refractivity contribution in [3.05, 3.63) is 92.6 Å². The molecule has 0 fully saturated rings. The molecule has 0 spiro atoms. The van der Waals surface area contributed by atoms with Crippen molar-refractivity contribution in [3.63, 3.8) is 0 Å². The molecule has 0 amide bonds. The molecule has 2 aromatic carbocycles. The van der Waals surface area contributed by atoms with Gasteiger partial charge in [0.1, 0.15) is 5.92 Å². The predicted octanol–water partition coefficient (Wildman–Crippen LogP) is 2.95. The number of ether oxygens (including phenoxy) is 1. The highest BCUT2D eigenvalue weighted by Crippen LogP contribution is 2.41. The quantitative estimate of drug-likeness (QED) is 0.500. The van der Waals surface area contributed by atoms with Crippen molar-refractivity contribution in [2.45, 2.75) is 19.3 Å². The number of fused-ring (bicyclic) bond motifs is 1. The first-order chi connectivity index (χ1) is 15.6. The van der Waals surface area contributed by atoms with Crippen LogP contribution in [0.1, 0.15) is 30.4 Å². The van der Waals surface area contributed by atoms with Crippen molar-refractivity contribution in [1.29, 1.82) is 0 Å². The molecule has 2 heterocycles. The summed E-state index contributed by atoms with van der Waals surface area (Å²) in [4.78, 5) is 46.0. The number of aromatic nitrogens is 2. The molecule has 2 atom stereocenters. The standard InChI is InChI=1S/C25H21N3O4/c1-3-11-18-20(24(30)32-4-2)19(16-12-7-5-8-13-16)21-22(26-18)28(25(31)27-23(21)29)17-14-9-6-10-15-17/h1,5-10,12-15,19-20H,4,11H2,2H3,(H,27,29,31). The number of carbonyl (C=O) groups excluding carboxylic acids is 1. The summed E-state index contributed by atoms with van der Waals surface area (Å²) in [5, 5.41) is 0. The SMILES string of the molecule is C#CCC1=Nc2c(c(=O)[nH]c(=O)n2-c2ccccc2)C(c2ccccc2)C1C(=O)OCC. The second kappa shape index (κ2) is 8.90. The molecule has 0 saturated heterocycles. The van der Waals surface area contributed by atoms with Gasteiger partial charge in [-0.15, -0.1) is 12.3 Å². The van der Waals surface area contributed by atoms with Gasteiger partial charge in [-0.05, 0) is 24.6 Å². The molecule has 0 aliphatic carbocycles. The largest absolute Gasteiger partial charge is 0.465 e. The molecule has 2 unspecified atom stereocenters. The minimum Gasteiger partial charge on any atom is -0.465 e. The van der Waals surface area contributed by atoms with Gasteiger partial charge in [-0.3, -0.25) is 14.6 Å². The van der Waals surface area contributed by atoms with Crippen LogP contribution in [0.2, 0.25) is 0 Å². The summed E-state index contributed by atoms with van der Waals surface area (Å²) in [6.45, 7) is 1.89. The zero-order chi connectivity index (χ0) is 22.7. The number of nitrogens with one attached hydrogen (secondary N) is 1. The van der Waals surface area contributed by atoms with Crippen molar-refractivity contribution in [1.82, 2.24) is 9.55 Å². The number of H-pyrrole nitrogens is 1. The number of hydrogen-bond acceptors (Lipinski definition) is 5. The minimum absolute atomic E-state index is 0.0715. The Hall–Kier alpha value is -4.18. The van der Waals surface area contributed by atoms with Gasteiger partial charge in [0.05, 0.1) is 17.9 Å². The van der Waals surface area contributed by atoms with Crippen LogP contribution >= 0.6 is 0 Å². The molecular weight excluding hydrogens is 406 g/mol. The Kier molecular flexibility index (Phi) is 5.86. The normalized spacial score (nSPS) is 17.1. The van der Waals surface area contributed by atoms with Gasteiger partial charge in [0.2, 0.25) is 0 Å². The third kappa shape index (κ3) is 3.67. The van der Waals surface area contributed by atoms with Crippen LogP contribution in [0.25, 0.3) is 5.69 Å². The maximum atomic E-state index is 13.1. The van der Waals surface area contributed by atoms with Crippen molar-refractivity contribution < 1.29 is 9.53 Å². The Morgan fingerprint density at radius 3 is 2.41 bits per heavy atom. The van der Waals surface area contributed by atoms with Crippen molar-refractivity contribution in [2.75, 3.05) is 6.61 Å². The van der Waals surface area contributed by atoms with Gasteiger partial charge in [0, 0.05) is 18.1 Å². The molecule has 32 heavy (non-hydrogen) atoms. The third-order valence-electron chi connectivity index (χ3n) is 5.37. The van der Waals surface area contributed by atoms with E-state index in [0.717, 1.165) is 5.56 Å². The lowest BCUT2D eigenvalue weighted by atomic mass is 9.76. The number of esters is 1. The monoisotopic (exact) mass is 427 g/mol. The van der Waals surface area contributed by atoms with E-state index in [2.05, 4.69) is 15.9 Å². The number of rotatable bonds is 5. The second-order valence-corrected chi connectivity index (χ2v) is 7.27. The second-order valence-electron chi connectivity index (χ2n) is 7.27. The molecule has 1 aromatic heterocycles. The van der Waals surface area contributed by atoms with E-state index in [0.29, 0.717) is 11.4 Å². The van der Waals surface area contributed by atoms with Crippen LogP contribution in [0.4, 0.5) is 5.82 Å². The van der Waals surface area contributed by atoms with Gasteiger partial charge in [-0.2, -0.15) is 0 Å². The van der Waals surface area contributed by atoms with Crippen LogP contribution in [-0.2, 0) is 9.53 Å². The fourth-order valence-electron chi connectivity index (χ4n) is 4.09. The first-order valence-corrected chi connectivity index (χ1v) is 10.2. The number of aromatic amines is 1. The van der Waals surface area contributed by atoms with E-state index in [4.69, 9.17) is 11.2 Å². The smallest absolute Gasteiger partial charge is 0.334 e. The number of benzene rings is 2. The number of hydrogen-bond donors (Lipinski definition) is 1. The van der Waals surface area contributed by atoms with E-state index >= 15 is 0 Å². The van der Waals surface area contributed by atoms with Crippen LogP contribution in [0.3, 0.4) is 0 Å². The highest BCUT2D eigenvalue weighted by Gasteiger charge is 2.42. The van der Waals surface area contributed by atoms with Crippen LogP contribution in [-0.4, -0.2) is 27.8 Å². The van der Waals surface area contributed by atoms with E-state index in [1.165, 1.54) is 4.57 Å². The number of carbonyl (C=O) groups is 1. The van der Waals surface area contributed by atoms with Gasteiger partial charge >= 0.3 is 11.7 Å². The lowest BCUT2D eigenvalue weighted by Gasteiger charge is -2.32. The molecule has 7 nitrogen and oxygen atoms in total. The summed E-state index contributed by atoms with van der Waals surface area (Å²) < 4.78 is 6.67. The molecule has 1 N–H and O–H groups in total. The maximum absolute atomic E-state index is 13.1. The molecular formula is C25H21N3O4. The Bertz CT molecular complexity index is 1330. The summed E-state index contributed by atoms with van der Waals surface area (Å²) >= 11 is 0. The molecule has 7 heteroatoms. The number of terminal acetylenes is 1. The summed E-state index contributed by atoms with van der Waals surface area (Å²) in [5.74, 6) is 0.596. The van der Waals surface area contributed by atoms with Gasteiger partial charge in [0.25, 0.3) is 5.56 Å². The first kappa shape index (κ1) is 21.1.